The maximum atomic E-state index is 5.87. The van der Waals surface area contributed by atoms with Crippen LogP contribution in [-0.4, -0.2) is 55.7 Å². The molecule has 0 aliphatic carbocycles. The first-order valence-electron chi connectivity index (χ1n) is 6.71. The number of hydrazine groups is 1. The number of nitrogens with one attached hydrogen (secondary N) is 1. The lowest BCUT2D eigenvalue weighted by Gasteiger charge is -2.35. The normalized spacial score (nSPS) is 19.9. The van der Waals surface area contributed by atoms with E-state index in [4.69, 9.17) is 5.73 Å². The number of piperazine rings is 1. The fraction of sp³-hybridized carbons (Fsp3) is 0.571. The summed E-state index contributed by atoms with van der Waals surface area (Å²) in [6.07, 6.45) is 0.990. The van der Waals surface area contributed by atoms with Crippen molar-refractivity contribution in [1.29, 1.82) is 0 Å². The van der Waals surface area contributed by atoms with Gasteiger partial charge in [0.1, 0.15) is 0 Å². The largest absolute Gasteiger partial charge is 0.329 e. The number of nitrogens with two attached hydrogens (primary N) is 1. The van der Waals surface area contributed by atoms with Crippen molar-refractivity contribution in [1.82, 2.24) is 15.3 Å². The number of hydrogen-bond acceptors (Lipinski definition) is 4. The van der Waals surface area contributed by atoms with Gasteiger partial charge in [0, 0.05) is 38.8 Å². The minimum absolute atomic E-state index is 0.329. The minimum atomic E-state index is 0.329. The number of likely N-dealkylation sites (N-methyl/N-ethyl adjacent to an activating group) is 1. The number of benzene rings is 1. The maximum Gasteiger partial charge on any atom is 0.0378 e. The van der Waals surface area contributed by atoms with Gasteiger partial charge in [0.2, 0.25) is 0 Å². The maximum absolute atomic E-state index is 5.87. The summed E-state index contributed by atoms with van der Waals surface area (Å²) in [7, 11) is 2.17. The molecule has 1 aliphatic rings. The predicted octanol–water partition coefficient (Wildman–Crippen LogP) is 0.308. The summed E-state index contributed by atoms with van der Waals surface area (Å²) in [6, 6.07) is 10.9. The average molecular weight is 248 g/mol. The second kappa shape index (κ2) is 6.85. The Morgan fingerprint density at radius 1 is 1.17 bits per heavy atom. The Hall–Kier alpha value is -0.940. The lowest BCUT2D eigenvalue weighted by Crippen LogP contribution is -2.55. The molecular weight excluding hydrogens is 224 g/mol. The highest BCUT2D eigenvalue weighted by Crippen LogP contribution is 2.04. The van der Waals surface area contributed by atoms with Gasteiger partial charge in [-0.2, -0.15) is 0 Å². The van der Waals surface area contributed by atoms with E-state index in [-0.39, 0.29) is 0 Å². The van der Waals surface area contributed by atoms with E-state index in [0.717, 1.165) is 32.6 Å². The van der Waals surface area contributed by atoms with Gasteiger partial charge < -0.3 is 10.6 Å². The van der Waals surface area contributed by atoms with Gasteiger partial charge in [0.15, 0.2) is 0 Å². The molecule has 1 fully saturated rings. The molecule has 1 atom stereocenters. The standard InChI is InChI=1S/C14H24N4/c1-17-7-9-18(10-8-17)16-14(12-15)11-13-5-3-2-4-6-13/h2-6,14,16H,7-12,15H2,1H3. The summed E-state index contributed by atoms with van der Waals surface area (Å²) in [6.45, 7) is 5.05. The van der Waals surface area contributed by atoms with E-state index in [1.54, 1.807) is 0 Å². The molecule has 1 aromatic carbocycles. The third kappa shape index (κ3) is 4.07. The van der Waals surface area contributed by atoms with Gasteiger partial charge in [0.25, 0.3) is 0 Å². The van der Waals surface area contributed by atoms with Crippen molar-refractivity contribution in [2.75, 3.05) is 39.8 Å². The van der Waals surface area contributed by atoms with E-state index in [0.29, 0.717) is 12.6 Å². The highest BCUT2D eigenvalue weighted by atomic mass is 15.5. The Labute approximate surface area is 110 Å². The predicted molar refractivity (Wildman–Crippen MR) is 75.2 cm³/mol. The molecule has 0 bridgehead atoms. The van der Waals surface area contributed by atoms with Crippen molar-refractivity contribution in [2.45, 2.75) is 12.5 Å². The fourth-order valence-electron chi connectivity index (χ4n) is 2.27. The Morgan fingerprint density at radius 3 is 2.44 bits per heavy atom. The summed E-state index contributed by atoms with van der Waals surface area (Å²) < 4.78 is 0. The Morgan fingerprint density at radius 2 is 1.83 bits per heavy atom. The van der Waals surface area contributed by atoms with Crippen LogP contribution in [0.5, 0.6) is 0 Å². The van der Waals surface area contributed by atoms with Crippen LogP contribution in [0.3, 0.4) is 0 Å². The third-order valence-electron chi connectivity index (χ3n) is 3.48. The molecule has 0 saturated carbocycles. The van der Waals surface area contributed by atoms with Gasteiger partial charge >= 0.3 is 0 Å². The smallest absolute Gasteiger partial charge is 0.0378 e. The molecule has 0 radical (unpaired) electrons. The zero-order chi connectivity index (χ0) is 12.8. The van der Waals surface area contributed by atoms with Crippen LogP contribution in [-0.2, 0) is 6.42 Å². The zero-order valence-corrected chi connectivity index (χ0v) is 11.2. The van der Waals surface area contributed by atoms with E-state index in [1.165, 1.54) is 5.56 Å². The van der Waals surface area contributed by atoms with E-state index >= 15 is 0 Å². The summed E-state index contributed by atoms with van der Waals surface area (Å²) in [5.74, 6) is 0. The van der Waals surface area contributed by atoms with Crippen LogP contribution in [0.2, 0.25) is 0 Å². The van der Waals surface area contributed by atoms with Crippen molar-refractivity contribution in [3.8, 4) is 0 Å². The van der Waals surface area contributed by atoms with Crippen molar-refractivity contribution >= 4 is 0 Å². The average Bonchev–Trinajstić information content (AvgIpc) is 2.41. The lowest BCUT2D eigenvalue weighted by atomic mass is 10.1. The quantitative estimate of drug-likeness (QED) is 0.787. The molecule has 1 heterocycles. The first-order chi connectivity index (χ1) is 8.78. The molecular formula is C14H24N4. The van der Waals surface area contributed by atoms with E-state index in [9.17, 15) is 0 Å². The Balaban J connectivity index is 1.82. The van der Waals surface area contributed by atoms with E-state index in [2.05, 4.69) is 52.7 Å². The van der Waals surface area contributed by atoms with Gasteiger partial charge in [-0.15, -0.1) is 0 Å². The third-order valence-corrected chi connectivity index (χ3v) is 3.48. The van der Waals surface area contributed by atoms with Crippen LogP contribution >= 0.6 is 0 Å². The zero-order valence-electron chi connectivity index (χ0n) is 11.2. The van der Waals surface area contributed by atoms with E-state index in [1.807, 2.05) is 0 Å². The molecule has 2 rings (SSSR count). The molecule has 1 aliphatic heterocycles. The van der Waals surface area contributed by atoms with Crippen LogP contribution in [0.25, 0.3) is 0 Å². The van der Waals surface area contributed by atoms with Gasteiger partial charge in [-0.05, 0) is 19.0 Å². The lowest BCUT2D eigenvalue weighted by molar-refractivity contribution is 0.0880. The molecule has 1 saturated heterocycles. The highest BCUT2D eigenvalue weighted by Gasteiger charge is 2.16. The van der Waals surface area contributed by atoms with Crippen LogP contribution in [0, 0.1) is 0 Å². The van der Waals surface area contributed by atoms with Crippen molar-refractivity contribution < 1.29 is 0 Å². The molecule has 4 nitrogen and oxygen atoms in total. The molecule has 18 heavy (non-hydrogen) atoms. The Bertz CT molecular complexity index is 333. The van der Waals surface area contributed by atoms with Crippen molar-refractivity contribution in [2.24, 2.45) is 5.73 Å². The van der Waals surface area contributed by atoms with Crippen LogP contribution in [0.15, 0.2) is 30.3 Å². The molecule has 0 spiro atoms. The van der Waals surface area contributed by atoms with Crippen LogP contribution in [0.4, 0.5) is 0 Å². The van der Waals surface area contributed by atoms with E-state index < -0.39 is 0 Å². The number of nitrogens with zero attached hydrogens (tertiary/aromatic N) is 2. The van der Waals surface area contributed by atoms with Gasteiger partial charge in [-0.3, -0.25) is 5.43 Å². The SMILES string of the molecule is CN1CCN(NC(CN)Cc2ccccc2)CC1. The van der Waals surface area contributed by atoms with Crippen LogP contribution < -0.4 is 11.2 Å². The topological polar surface area (TPSA) is 44.5 Å². The first kappa shape index (κ1) is 13.5. The van der Waals surface area contributed by atoms with Crippen LogP contribution in [0.1, 0.15) is 5.56 Å². The first-order valence-corrected chi connectivity index (χ1v) is 6.71. The molecule has 3 N–H and O–H groups in total. The van der Waals surface area contributed by atoms with Crippen molar-refractivity contribution in [3.05, 3.63) is 35.9 Å². The summed E-state index contributed by atoms with van der Waals surface area (Å²) >= 11 is 0. The summed E-state index contributed by atoms with van der Waals surface area (Å²) in [5.41, 5.74) is 10.8. The Kier molecular flexibility index (Phi) is 5.13. The second-order valence-electron chi connectivity index (χ2n) is 5.04. The molecule has 1 aromatic rings. The molecule has 1 unspecified atom stereocenters. The monoisotopic (exact) mass is 248 g/mol. The number of rotatable bonds is 5. The summed E-state index contributed by atoms with van der Waals surface area (Å²) in [5, 5.41) is 2.31. The van der Waals surface area contributed by atoms with Gasteiger partial charge in [-0.1, -0.05) is 30.3 Å². The molecule has 100 valence electrons. The molecule has 4 heteroatoms. The minimum Gasteiger partial charge on any atom is -0.329 e. The van der Waals surface area contributed by atoms with Crippen molar-refractivity contribution in [3.63, 3.8) is 0 Å². The second-order valence-corrected chi connectivity index (χ2v) is 5.04. The van der Waals surface area contributed by atoms with Gasteiger partial charge in [0.05, 0.1) is 0 Å². The van der Waals surface area contributed by atoms with Gasteiger partial charge in [-0.25, -0.2) is 5.01 Å². The fourth-order valence-corrected chi connectivity index (χ4v) is 2.27. The number of hydrogen-bond donors (Lipinski definition) is 2. The summed E-state index contributed by atoms with van der Waals surface area (Å²) in [4.78, 5) is 2.35. The molecule has 0 aromatic heterocycles. The molecule has 0 amide bonds. The highest BCUT2D eigenvalue weighted by molar-refractivity contribution is 5.15.